The number of nitrogens with one attached hydrogen (secondary N) is 4. The molecule has 0 radical (unpaired) electrons. The van der Waals surface area contributed by atoms with Crippen LogP contribution in [0.4, 0.5) is 9.59 Å². The van der Waals surface area contributed by atoms with Gasteiger partial charge in [0.1, 0.15) is 30.3 Å². The molecule has 5 atom stereocenters. The maximum atomic E-state index is 14.4. The monoisotopic (exact) mass is 803 g/mol. The minimum atomic E-state index is -1.24. The van der Waals surface area contributed by atoms with Crippen LogP contribution in [0.25, 0.3) is 0 Å². The van der Waals surface area contributed by atoms with Gasteiger partial charge in [-0.2, -0.15) is 0 Å². The normalized spacial score (nSPS) is 17.5. The van der Waals surface area contributed by atoms with Gasteiger partial charge in [0.15, 0.2) is 0 Å². The number of hydrogen-bond acceptors (Lipinski definition) is 8. The highest BCUT2D eigenvalue weighted by Gasteiger charge is 2.42. The topological polar surface area (TPSA) is 192 Å². The van der Waals surface area contributed by atoms with E-state index >= 15 is 0 Å². The third-order valence-corrected chi connectivity index (χ3v) is 9.90. The predicted octanol–water partition coefficient (Wildman–Crippen LogP) is 5.50. The van der Waals surface area contributed by atoms with Gasteiger partial charge in [0.25, 0.3) is 0 Å². The van der Waals surface area contributed by atoms with E-state index in [1.54, 1.807) is 25.7 Å². The van der Waals surface area contributed by atoms with E-state index in [9.17, 15) is 33.9 Å². The summed E-state index contributed by atoms with van der Waals surface area (Å²) in [7, 11) is 0. The Morgan fingerprint density at radius 3 is 2.12 bits per heavy atom. The summed E-state index contributed by atoms with van der Waals surface area (Å²) >= 11 is 0. The van der Waals surface area contributed by atoms with Gasteiger partial charge < -0.3 is 40.7 Å². The second-order valence-electron chi connectivity index (χ2n) is 16.6. The highest BCUT2D eigenvalue weighted by atomic mass is 16.6. The summed E-state index contributed by atoms with van der Waals surface area (Å²) in [5.74, 6) is -3.11. The van der Waals surface area contributed by atoms with Crippen LogP contribution in [0.15, 0.2) is 72.8 Å². The number of rotatable bonds is 20. The Labute approximate surface area is 341 Å². The Bertz CT molecular complexity index is 1710. The second-order valence-corrected chi connectivity index (χ2v) is 16.6. The Kier molecular flexibility index (Phi) is 17.1. The number of hydrogen-bond donors (Lipinski definition) is 5. The summed E-state index contributed by atoms with van der Waals surface area (Å²) in [6, 6.07) is 15.3. The molecule has 2 aromatic carbocycles. The van der Waals surface area contributed by atoms with Crippen molar-refractivity contribution >= 4 is 35.9 Å². The lowest BCUT2D eigenvalue weighted by atomic mass is 9.94. The fourth-order valence-electron chi connectivity index (χ4n) is 6.91. The van der Waals surface area contributed by atoms with Crippen LogP contribution in [-0.2, 0) is 41.7 Å². The number of benzene rings is 2. The molecule has 14 heteroatoms. The van der Waals surface area contributed by atoms with Gasteiger partial charge in [0, 0.05) is 13.1 Å². The van der Waals surface area contributed by atoms with E-state index in [0.29, 0.717) is 45.1 Å². The van der Waals surface area contributed by atoms with Crippen LogP contribution in [0.1, 0.15) is 90.7 Å². The summed E-state index contributed by atoms with van der Waals surface area (Å²) in [4.78, 5) is 80.4. The summed E-state index contributed by atoms with van der Waals surface area (Å²) < 4.78 is 10.7. The van der Waals surface area contributed by atoms with E-state index in [2.05, 4.69) is 21.3 Å². The lowest BCUT2D eigenvalue weighted by Gasteiger charge is -2.29. The maximum Gasteiger partial charge on any atom is 0.408 e. The highest BCUT2D eigenvalue weighted by molar-refractivity contribution is 5.94. The molecule has 1 aliphatic heterocycles. The van der Waals surface area contributed by atoms with Crippen molar-refractivity contribution in [2.45, 2.75) is 122 Å². The highest BCUT2D eigenvalue weighted by Crippen LogP contribution is 2.33. The second kappa shape index (κ2) is 21.9. The first kappa shape index (κ1) is 45.3. The number of nitrogens with zero attached hydrogens (tertiary/aromatic N) is 1. The van der Waals surface area contributed by atoms with Crippen LogP contribution < -0.4 is 21.3 Å². The van der Waals surface area contributed by atoms with Gasteiger partial charge in [0.2, 0.25) is 17.7 Å². The average Bonchev–Trinajstić information content (AvgIpc) is 3.89. The number of amides is 5. The number of carbonyl (C=O) groups excluding carboxylic acids is 5. The third-order valence-electron chi connectivity index (χ3n) is 9.90. The molecular formula is C44H61N5O9. The maximum absolute atomic E-state index is 14.4. The Hall–Kier alpha value is -5.40. The molecular weight excluding hydrogens is 743 g/mol. The van der Waals surface area contributed by atoms with Gasteiger partial charge in [-0.25, -0.2) is 14.4 Å². The van der Waals surface area contributed by atoms with Gasteiger partial charge in [-0.15, -0.1) is 0 Å². The SMILES string of the molecule is CC(C)C[C@@H](/C=C/[C@@H](Cc1ccccc1)C(=O)N1CCC[C@H]1C(=O)N[C@H](C(=O)N[C@@H](CCCNC(=O)OCc1ccccc1)C(=O)O)C1CC1)NC(=O)OC(C)(C)C. The van der Waals surface area contributed by atoms with Gasteiger partial charge in [-0.3, -0.25) is 14.4 Å². The van der Waals surface area contributed by atoms with Crippen molar-refractivity contribution in [2.75, 3.05) is 13.1 Å². The minimum Gasteiger partial charge on any atom is -0.480 e. The molecule has 5 N–H and O–H groups in total. The fraction of sp³-hybridized carbons (Fsp3) is 0.545. The molecule has 2 aromatic rings. The quantitative estimate of drug-likeness (QED) is 0.0849. The van der Waals surface area contributed by atoms with E-state index in [1.807, 2.05) is 86.7 Å². The molecule has 5 amide bonds. The molecule has 0 aromatic heterocycles. The first-order chi connectivity index (χ1) is 27.6. The van der Waals surface area contributed by atoms with Crippen LogP contribution in [0, 0.1) is 17.8 Å². The van der Waals surface area contributed by atoms with E-state index in [0.717, 1.165) is 11.1 Å². The van der Waals surface area contributed by atoms with E-state index < -0.39 is 65.7 Å². The first-order valence-electron chi connectivity index (χ1n) is 20.4. The first-order valence-corrected chi connectivity index (χ1v) is 20.4. The van der Waals surface area contributed by atoms with Crippen molar-refractivity contribution in [3.63, 3.8) is 0 Å². The van der Waals surface area contributed by atoms with E-state index in [1.165, 1.54) is 0 Å². The molecule has 2 aliphatic rings. The molecule has 1 saturated carbocycles. The molecule has 1 aliphatic carbocycles. The summed E-state index contributed by atoms with van der Waals surface area (Å²) in [6.07, 6.45) is 6.12. The number of carboxylic acid groups (broad SMARTS) is 1. The molecule has 0 bridgehead atoms. The predicted molar refractivity (Wildman–Crippen MR) is 218 cm³/mol. The number of ether oxygens (including phenoxy) is 2. The Morgan fingerprint density at radius 1 is 0.862 bits per heavy atom. The van der Waals surface area contributed by atoms with Crippen LogP contribution in [0.5, 0.6) is 0 Å². The number of likely N-dealkylation sites (tertiary alicyclic amines) is 1. The van der Waals surface area contributed by atoms with Gasteiger partial charge in [-0.1, -0.05) is 86.7 Å². The zero-order chi connectivity index (χ0) is 42.2. The Balaban J connectivity index is 1.38. The molecule has 1 heterocycles. The number of alkyl carbamates (subject to hydrolysis) is 2. The van der Waals surface area contributed by atoms with Crippen LogP contribution in [-0.4, -0.2) is 88.7 Å². The summed E-state index contributed by atoms with van der Waals surface area (Å²) in [5, 5.41) is 20.9. The zero-order valence-corrected chi connectivity index (χ0v) is 34.4. The van der Waals surface area contributed by atoms with Gasteiger partial charge >= 0.3 is 18.2 Å². The summed E-state index contributed by atoms with van der Waals surface area (Å²) in [6.45, 7) is 10.1. The molecule has 0 unspecified atom stereocenters. The largest absolute Gasteiger partial charge is 0.480 e. The van der Waals surface area contributed by atoms with Crippen molar-refractivity contribution in [3.8, 4) is 0 Å². The molecule has 4 rings (SSSR count). The van der Waals surface area contributed by atoms with Gasteiger partial charge in [-0.05, 0) is 95.1 Å². The lowest BCUT2D eigenvalue weighted by molar-refractivity contribution is -0.143. The van der Waals surface area contributed by atoms with Crippen molar-refractivity contribution in [2.24, 2.45) is 17.8 Å². The number of aliphatic carboxylic acids is 1. The standard InChI is InChI=1S/C44H61N5O9/c1-29(2)26-34(46-43(56)58-44(3,4)5)23-22-33(27-30-14-8-6-9-15-30)40(52)49-25-13-19-36(49)38(50)48-37(32-20-21-32)39(51)47-35(41(53)54)18-12-24-45-42(55)57-28-31-16-10-7-11-17-31/h6-11,14-17,22-23,29,32-37H,12-13,18-21,24-28H2,1-5H3,(H,45,55)(H,46,56)(H,47,51)(H,48,50)(H,53,54)/b23-22+/t33-,34+,35-,36-,37-/m0/s1. The fourth-order valence-corrected chi connectivity index (χ4v) is 6.91. The molecule has 2 fully saturated rings. The number of carbonyl (C=O) groups is 6. The summed E-state index contributed by atoms with van der Waals surface area (Å²) in [5.41, 5.74) is 1.09. The van der Waals surface area contributed by atoms with Gasteiger partial charge in [0.05, 0.1) is 12.0 Å². The lowest BCUT2D eigenvalue weighted by Crippen LogP contribution is -2.56. The van der Waals surface area contributed by atoms with E-state index in [4.69, 9.17) is 9.47 Å². The van der Waals surface area contributed by atoms with Crippen molar-refractivity contribution < 1.29 is 43.3 Å². The number of carboxylic acids is 1. The Morgan fingerprint density at radius 2 is 1.52 bits per heavy atom. The van der Waals surface area contributed by atoms with Crippen LogP contribution in [0.2, 0.25) is 0 Å². The van der Waals surface area contributed by atoms with E-state index in [-0.39, 0.29) is 43.7 Å². The average molecular weight is 804 g/mol. The van der Waals surface area contributed by atoms with Crippen molar-refractivity contribution in [1.82, 2.24) is 26.2 Å². The third kappa shape index (κ3) is 15.5. The molecule has 316 valence electrons. The molecule has 14 nitrogen and oxygen atoms in total. The van der Waals surface area contributed by atoms with Crippen molar-refractivity contribution in [3.05, 3.63) is 83.9 Å². The smallest absolute Gasteiger partial charge is 0.408 e. The van der Waals surface area contributed by atoms with Crippen LogP contribution >= 0.6 is 0 Å². The molecule has 58 heavy (non-hydrogen) atoms. The zero-order valence-electron chi connectivity index (χ0n) is 34.4. The molecule has 1 saturated heterocycles. The van der Waals surface area contributed by atoms with Crippen molar-refractivity contribution in [1.29, 1.82) is 0 Å². The van der Waals surface area contributed by atoms with Crippen LogP contribution in [0.3, 0.4) is 0 Å². The molecule has 0 spiro atoms. The minimum absolute atomic E-state index is 0.0396.